The van der Waals surface area contributed by atoms with E-state index in [1.165, 1.54) is 6.07 Å². The molecule has 0 heterocycles. The molecule has 0 amide bonds. The Morgan fingerprint density at radius 1 is 1.24 bits per heavy atom. The van der Waals surface area contributed by atoms with Gasteiger partial charge in [-0.25, -0.2) is 0 Å². The van der Waals surface area contributed by atoms with Crippen molar-refractivity contribution < 1.29 is 17.7 Å². The quantitative estimate of drug-likeness (QED) is 0.480. The number of nitrogens with two attached hydrogens (primary N) is 1. The Hall–Kier alpha value is -1.79. The van der Waals surface area contributed by atoms with E-state index in [2.05, 4.69) is 4.18 Å². The zero-order chi connectivity index (χ0) is 12.6. The molecule has 0 spiro atoms. The molecule has 0 fully saturated rings. The molecule has 0 aromatic heterocycles. The molecule has 2 aromatic carbocycles. The summed E-state index contributed by atoms with van der Waals surface area (Å²) >= 11 is 0. The van der Waals surface area contributed by atoms with Gasteiger partial charge in [0.25, 0.3) is 0 Å². The van der Waals surface area contributed by atoms with E-state index >= 15 is 0 Å². The zero-order valence-electron chi connectivity index (χ0n) is 9.04. The molecule has 6 heteroatoms. The third-order valence-electron chi connectivity index (χ3n) is 2.50. The smallest absolute Gasteiger partial charge is 0.300 e. The minimum absolute atomic E-state index is 0.272. The number of anilines is 1. The Kier molecular flexibility index (Phi) is 2.68. The van der Waals surface area contributed by atoms with Crippen LogP contribution in [0.1, 0.15) is 0 Å². The first-order chi connectivity index (χ1) is 7.97. The number of benzene rings is 2. The molecule has 2 aromatic rings. The minimum Gasteiger partial charge on any atom is -0.506 e. The van der Waals surface area contributed by atoms with E-state index in [9.17, 15) is 13.5 Å². The van der Waals surface area contributed by atoms with Gasteiger partial charge in [-0.2, -0.15) is 8.42 Å². The predicted octanol–water partition coefficient (Wildman–Crippen LogP) is 1.46. The number of hydrogen-bond donors (Lipinski definition) is 2. The molecule has 0 aliphatic rings. The molecule has 0 radical (unpaired) electrons. The van der Waals surface area contributed by atoms with Crippen LogP contribution >= 0.6 is 0 Å². The molecular weight excluding hydrogens is 242 g/mol. The van der Waals surface area contributed by atoms with Crippen LogP contribution in [0.2, 0.25) is 0 Å². The molecule has 3 N–H and O–H groups in total. The van der Waals surface area contributed by atoms with Gasteiger partial charge in [-0.1, -0.05) is 24.3 Å². The van der Waals surface area contributed by atoms with Crippen molar-refractivity contribution in [3.05, 3.63) is 30.3 Å². The van der Waals surface area contributed by atoms with Crippen LogP contribution in [0.3, 0.4) is 0 Å². The van der Waals surface area contributed by atoms with Gasteiger partial charge in [-0.3, -0.25) is 4.18 Å². The first kappa shape index (κ1) is 11.7. The average Bonchev–Trinajstić information content (AvgIpc) is 2.33. The molecule has 0 atom stereocenters. The van der Waals surface area contributed by atoms with Crippen LogP contribution in [0.5, 0.6) is 5.75 Å². The van der Waals surface area contributed by atoms with Crippen LogP contribution in [0.4, 0.5) is 5.69 Å². The highest BCUT2D eigenvalue weighted by molar-refractivity contribution is 7.86. The topological polar surface area (TPSA) is 89.6 Å². The number of phenolic OH excluding ortho intramolecular Hbond substituents is 1. The number of nitrogen functional groups attached to an aromatic ring is 1. The maximum Gasteiger partial charge on any atom is 0.300 e. The standard InChI is InChI=1S/C11H11NO4S/c1-16-17(14,15)10-6-9(12)7-4-2-3-5-8(7)11(10)13/h2-6,13H,12H2,1H3. The fourth-order valence-electron chi connectivity index (χ4n) is 1.64. The van der Waals surface area contributed by atoms with Crippen LogP contribution in [-0.4, -0.2) is 20.6 Å². The van der Waals surface area contributed by atoms with Crippen molar-refractivity contribution in [1.29, 1.82) is 0 Å². The van der Waals surface area contributed by atoms with Gasteiger partial charge in [0.05, 0.1) is 7.11 Å². The van der Waals surface area contributed by atoms with E-state index in [-0.39, 0.29) is 16.3 Å². The SMILES string of the molecule is COS(=O)(=O)c1cc(N)c2ccccc2c1O. The van der Waals surface area contributed by atoms with Gasteiger partial charge in [0.15, 0.2) is 0 Å². The fraction of sp³-hybridized carbons (Fsp3) is 0.0909. The molecular formula is C11H11NO4S. The van der Waals surface area contributed by atoms with Crippen LogP contribution < -0.4 is 5.73 Å². The van der Waals surface area contributed by atoms with Crippen LogP contribution in [0, 0.1) is 0 Å². The highest BCUT2D eigenvalue weighted by atomic mass is 32.2. The van der Waals surface area contributed by atoms with Gasteiger partial charge in [0.2, 0.25) is 0 Å². The van der Waals surface area contributed by atoms with E-state index < -0.39 is 10.1 Å². The highest BCUT2D eigenvalue weighted by Crippen LogP contribution is 2.36. The molecule has 0 unspecified atom stereocenters. The molecule has 5 nitrogen and oxygen atoms in total. The molecule has 0 saturated heterocycles. The Balaban J connectivity index is 2.90. The second-order valence-electron chi connectivity index (χ2n) is 3.48. The number of fused-ring (bicyclic) bond motifs is 1. The lowest BCUT2D eigenvalue weighted by Gasteiger charge is -2.09. The lowest BCUT2D eigenvalue weighted by molar-refractivity contribution is 0.391. The van der Waals surface area contributed by atoms with Crippen molar-refractivity contribution in [3.63, 3.8) is 0 Å². The predicted molar refractivity (Wildman–Crippen MR) is 64.2 cm³/mol. The molecule has 2 rings (SSSR count). The van der Waals surface area contributed by atoms with Gasteiger partial charge in [-0.05, 0) is 6.07 Å². The fourth-order valence-corrected chi connectivity index (χ4v) is 2.44. The van der Waals surface area contributed by atoms with E-state index in [0.717, 1.165) is 7.11 Å². The third kappa shape index (κ3) is 1.81. The highest BCUT2D eigenvalue weighted by Gasteiger charge is 2.21. The van der Waals surface area contributed by atoms with Crippen molar-refractivity contribution >= 4 is 26.6 Å². The molecule has 0 saturated carbocycles. The summed E-state index contributed by atoms with van der Waals surface area (Å²) in [5.74, 6) is -0.350. The Bertz CT molecular complexity index is 679. The first-order valence-corrected chi connectivity index (χ1v) is 6.19. The van der Waals surface area contributed by atoms with Crippen molar-refractivity contribution in [1.82, 2.24) is 0 Å². The molecule has 17 heavy (non-hydrogen) atoms. The molecule has 0 bridgehead atoms. The van der Waals surface area contributed by atoms with Crippen LogP contribution in [0.25, 0.3) is 10.8 Å². The van der Waals surface area contributed by atoms with Crippen molar-refractivity contribution in [2.75, 3.05) is 12.8 Å². The monoisotopic (exact) mass is 253 g/mol. The largest absolute Gasteiger partial charge is 0.506 e. The van der Waals surface area contributed by atoms with Gasteiger partial charge in [0, 0.05) is 16.5 Å². The summed E-state index contributed by atoms with van der Waals surface area (Å²) < 4.78 is 27.5. The van der Waals surface area contributed by atoms with E-state index in [4.69, 9.17) is 5.73 Å². The maximum atomic E-state index is 11.6. The van der Waals surface area contributed by atoms with Gasteiger partial charge in [-0.15, -0.1) is 0 Å². The summed E-state index contributed by atoms with van der Waals surface area (Å²) in [6.07, 6.45) is 0. The summed E-state index contributed by atoms with van der Waals surface area (Å²) in [6, 6.07) is 7.92. The lowest BCUT2D eigenvalue weighted by Crippen LogP contribution is -2.04. The number of aromatic hydroxyl groups is 1. The van der Waals surface area contributed by atoms with E-state index in [0.29, 0.717) is 10.8 Å². The summed E-state index contributed by atoms with van der Waals surface area (Å²) in [4.78, 5) is -0.323. The van der Waals surface area contributed by atoms with E-state index in [1.54, 1.807) is 24.3 Å². The van der Waals surface area contributed by atoms with E-state index in [1.807, 2.05) is 0 Å². The van der Waals surface area contributed by atoms with Crippen LogP contribution in [0.15, 0.2) is 35.2 Å². The summed E-state index contributed by atoms with van der Waals surface area (Å²) in [5, 5.41) is 10.9. The van der Waals surface area contributed by atoms with Gasteiger partial charge >= 0.3 is 10.1 Å². The molecule has 0 aliphatic carbocycles. The molecule has 0 aliphatic heterocycles. The zero-order valence-corrected chi connectivity index (χ0v) is 9.86. The third-order valence-corrected chi connectivity index (χ3v) is 3.79. The average molecular weight is 253 g/mol. The summed E-state index contributed by atoms with van der Waals surface area (Å²) in [7, 11) is -2.94. The number of phenols is 1. The van der Waals surface area contributed by atoms with Crippen molar-refractivity contribution in [2.45, 2.75) is 4.90 Å². The maximum absolute atomic E-state index is 11.6. The Morgan fingerprint density at radius 2 is 1.82 bits per heavy atom. The normalized spacial score (nSPS) is 11.8. The summed E-state index contributed by atoms with van der Waals surface area (Å²) in [6.45, 7) is 0. The second kappa shape index (κ2) is 3.90. The van der Waals surface area contributed by atoms with Crippen molar-refractivity contribution in [2.24, 2.45) is 0 Å². The van der Waals surface area contributed by atoms with Crippen molar-refractivity contribution in [3.8, 4) is 5.75 Å². The minimum atomic E-state index is -3.97. The summed E-state index contributed by atoms with van der Waals surface area (Å²) in [5.41, 5.74) is 6.02. The van der Waals surface area contributed by atoms with Gasteiger partial charge < -0.3 is 10.8 Å². The first-order valence-electron chi connectivity index (χ1n) is 4.78. The number of rotatable bonds is 2. The van der Waals surface area contributed by atoms with Gasteiger partial charge in [0.1, 0.15) is 10.6 Å². The second-order valence-corrected chi connectivity index (χ2v) is 5.16. The number of hydrogen-bond acceptors (Lipinski definition) is 5. The van der Waals surface area contributed by atoms with Crippen LogP contribution in [-0.2, 0) is 14.3 Å². The Labute approximate surface area is 98.6 Å². The lowest BCUT2D eigenvalue weighted by atomic mass is 10.1. The Morgan fingerprint density at radius 3 is 2.41 bits per heavy atom. The molecule has 90 valence electrons.